The van der Waals surface area contributed by atoms with E-state index in [0.717, 1.165) is 11.1 Å². The maximum absolute atomic E-state index is 12.5. The standard InChI is InChI=1S/C19H17F3N4O3S/c1-2-28-13-3-5-14(6-4-13)29-16-9-12(7-8-23-16)10-24-17(27)26-18-25-15(11-30-18)19(20,21)22/h3-9,11H,2,10H2,1H3,(H2,24,25,26,27). The second kappa shape index (κ2) is 9.44. The summed E-state index contributed by atoms with van der Waals surface area (Å²) >= 11 is 0.692. The number of aromatic nitrogens is 2. The molecule has 2 heterocycles. The van der Waals surface area contributed by atoms with Gasteiger partial charge in [0.2, 0.25) is 5.88 Å². The second-order valence-electron chi connectivity index (χ2n) is 5.85. The lowest BCUT2D eigenvalue weighted by Crippen LogP contribution is -2.28. The second-order valence-corrected chi connectivity index (χ2v) is 6.71. The van der Waals surface area contributed by atoms with E-state index in [1.54, 1.807) is 36.4 Å². The number of hydrogen-bond acceptors (Lipinski definition) is 6. The molecule has 11 heteroatoms. The van der Waals surface area contributed by atoms with E-state index in [-0.39, 0.29) is 11.7 Å². The molecule has 1 aromatic carbocycles. The van der Waals surface area contributed by atoms with Crippen molar-refractivity contribution in [1.29, 1.82) is 0 Å². The van der Waals surface area contributed by atoms with Crippen molar-refractivity contribution < 1.29 is 27.4 Å². The molecule has 2 aromatic heterocycles. The summed E-state index contributed by atoms with van der Waals surface area (Å²) in [6, 6.07) is 9.68. The van der Waals surface area contributed by atoms with E-state index in [4.69, 9.17) is 9.47 Å². The Balaban J connectivity index is 1.53. The smallest absolute Gasteiger partial charge is 0.434 e. The minimum absolute atomic E-state index is 0.117. The topological polar surface area (TPSA) is 85.4 Å². The minimum Gasteiger partial charge on any atom is -0.494 e. The van der Waals surface area contributed by atoms with Crippen molar-refractivity contribution in [2.24, 2.45) is 0 Å². The van der Waals surface area contributed by atoms with Crippen LogP contribution < -0.4 is 20.1 Å². The first-order chi connectivity index (χ1) is 14.3. The van der Waals surface area contributed by atoms with Gasteiger partial charge in [-0.25, -0.2) is 14.8 Å². The first-order valence-corrected chi connectivity index (χ1v) is 9.64. The molecule has 0 aliphatic heterocycles. The van der Waals surface area contributed by atoms with Crippen molar-refractivity contribution in [3.8, 4) is 17.4 Å². The van der Waals surface area contributed by atoms with E-state index >= 15 is 0 Å². The van der Waals surface area contributed by atoms with E-state index in [1.165, 1.54) is 6.20 Å². The van der Waals surface area contributed by atoms with Crippen LogP contribution in [-0.2, 0) is 12.7 Å². The van der Waals surface area contributed by atoms with Crippen molar-refractivity contribution in [2.75, 3.05) is 11.9 Å². The Morgan fingerprint density at radius 2 is 1.90 bits per heavy atom. The number of nitrogens with one attached hydrogen (secondary N) is 2. The number of halogens is 3. The molecule has 0 spiro atoms. The van der Waals surface area contributed by atoms with Crippen LogP contribution in [0.1, 0.15) is 18.2 Å². The fraction of sp³-hybridized carbons (Fsp3) is 0.211. The van der Waals surface area contributed by atoms with E-state index in [0.29, 0.717) is 35.1 Å². The molecule has 7 nitrogen and oxygen atoms in total. The highest BCUT2D eigenvalue weighted by Gasteiger charge is 2.33. The average molecular weight is 438 g/mol. The number of alkyl halides is 3. The molecule has 158 valence electrons. The van der Waals surface area contributed by atoms with Gasteiger partial charge in [0.25, 0.3) is 0 Å². The summed E-state index contributed by atoms with van der Waals surface area (Å²) in [7, 11) is 0. The first-order valence-electron chi connectivity index (χ1n) is 8.76. The van der Waals surface area contributed by atoms with Crippen LogP contribution in [0, 0.1) is 0 Å². The van der Waals surface area contributed by atoms with Gasteiger partial charge < -0.3 is 14.8 Å². The molecule has 0 saturated carbocycles. The number of thiazole rings is 1. The van der Waals surface area contributed by atoms with Crippen LogP contribution >= 0.6 is 11.3 Å². The van der Waals surface area contributed by atoms with Crippen molar-refractivity contribution >= 4 is 22.5 Å². The Labute approximate surface area is 173 Å². The van der Waals surface area contributed by atoms with Crippen LogP contribution in [0.3, 0.4) is 0 Å². The molecule has 0 unspecified atom stereocenters. The van der Waals surface area contributed by atoms with Gasteiger partial charge in [0.1, 0.15) is 11.5 Å². The van der Waals surface area contributed by atoms with E-state index in [9.17, 15) is 18.0 Å². The van der Waals surface area contributed by atoms with Crippen molar-refractivity contribution in [3.63, 3.8) is 0 Å². The molecule has 0 aliphatic carbocycles. The number of hydrogen-bond donors (Lipinski definition) is 2. The molecule has 0 fully saturated rings. The minimum atomic E-state index is -4.55. The first kappa shape index (κ1) is 21.4. The zero-order valence-corrected chi connectivity index (χ0v) is 16.5. The largest absolute Gasteiger partial charge is 0.494 e. The number of rotatable bonds is 7. The molecule has 3 aromatic rings. The summed E-state index contributed by atoms with van der Waals surface area (Å²) in [4.78, 5) is 19.4. The fourth-order valence-corrected chi connectivity index (χ4v) is 3.00. The Morgan fingerprint density at radius 3 is 2.57 bits per heavy atom. The molecule has 0 bridgehead atoms. The molecule has 0 aliphatic rings. The van der Waals surface area contributed by atoms with Crippen LogP contribution in [0.2, 0.25) is 0 Å². The molecular weight excluding hydrogens is 421 g/mol. The lowest BCUT2D eigenvalue weighted by molar-refractivity contribution is -0.140. The number of anilines is 1. The Bertz CT molecular complexity index is 993. The predicted octanol–water partition coefficient (Wildman–Crippen LogP) is 5.07. The van der Waals surface area contributed by atoms with E-state index in [1.807, 2.05) is 6.92 Å². The van der Waals surface area contributed by atoms with Gasteiger partial charge in [0.15, 0.2) is 10.8 Å². The lowest BCUT2D eigenvalue weighted by atomic mass is 10.2. The molecule has 30 heavy (non-hydrogen) atoms. The van der Waals surface area contributed by atoms with Gasteiger partial charge in [-0.2, -0.15) is 13.2 Å². The average Bonchev–Trinajstić information content (AvgIpc) is 3.17. The van der Waals surface area contributed by atoms with Crippen LogP contribution in [0.4, 0.5) is 23.1 Å². The molecule has 3 rings (SSSR count). The number of carbonyl (C=O) groups is 1. The molecule has 0 radical (unpaired) electrons. The van der Waals surface area contributed by atoms with Crippen LogP contribution in [-0.4, -0.2) is 22.6 Å². The van der Waals surface area contributed by atoms with Crippen molar-refractivity contribution in [1.82, 2.24) is 15.3 Å². The number of benzene rings is 1. The number of nitrogens with zero attached hydrogens (tertiary/aromatic N) is 2. The van der Waals surface area contributed by atoms with Gasteiger partial charge in [0, 0.05) is 24.2 Å². The maximum atomic E-state index is 12.5. The third kappa shape index (κ3) is 6.08. The van der Waals surface area contributed by atoms with Crippen LogP contribution in [0.5, 0.6) is 17.4 Å². The highest BCUT2D eigenvalue weighted by atomic mass is 32.1. The quantitative estimate of drug-likeness (QED) is 0.538. The zero-order chi connectivity index (χ0) is 21.6. The van der Waals surface area contributed by atoms with Gasteiger partial charge in [-0.15, -0.1) is 11.3 Å². The molecular formula is C19H17F3N4O3S. The van der Waals surface area contributed by atoms with Crippen LogP contribution in [0.15, 0.2) is 48.0 Å². The summed E-state index contributed by atoms with van der Waals surface area (Å²) in [5.74, 6) is 1.62. The van der Waals surface area contributed by atoms with Crippen LogP contribution in [0.25, 0.3) is 0 Å². The Morgan fingerprint density at radius 1 is 1.17 bits per heavy atom. The molecule has 2 amide bonds. The number of ether oxygens (including phenoxy) is 2. The highest BCUT2D eigenvalue weighted by Crippen LogP contribution is 2.31. The SMILES string of the molecule is CCOc1ccc(Oc2cc(CNC(=O)Nc3nc(C(F)(F)F)cs3)ccn2)cc1. The summed E-state index contributed by atoms with van der Waals surface area (Å²) in [6.45, 7) is 2.58. The zero-order valence-electron chi connectivity index (χ0n) is 15.7. The molecule has 0 saturated heterocycles. The predicted molar refractivity (Wildman–Crippen MR) is 105 cm³/mol. The fourth-order valence-electron chi connectivity index (χ4n) is 2.29. The number of pyridine rings is 1. The molecule has 0 atom stereocenters. The van der Waals surface area contributed by atoms with E-state index < -0.39 is 17.9 Å². The van der Waals surface area contributed by atoms with Gasteiger partial charge in [-0.05, 0) is 42.8 Å². The monoisotopic (exact) mass is 438 g/mol. The summed E-state index contributed by atoms with van der Waals surface area (Å²) in [5, 5.41) is 5.51. The maximum Gasteiger partial charge on any atom is 0.434 e. The normalized spacial score (nSPS) is 11.1. The Hall–Kier alpha value is -3.34. The summed E-state index contributed by atoms with van der Waals surface area (Å²) in [5.41, 5.74) is -0.357. The third-order valence-corrected chi connectivity index (χ3v) is 4.38. The summed E-state index contributed by atoms with van der Waals surface area (Å²) in [6.07, 6.45) is -3.03. The highest BCUT2D eigenvalue weighted by molar-refractivity contribution is 7.13. The molecule has 2 N–H and O–H groups in total. The third-order valence-electron chi connectivity index (χ3n) is 3.62. The van der Waals surface area contributed by atoms with Crippen molar-refractivity contribution in [2.45, 2.75) is 19.6 Å². The number of carbonyl (C=O) groups excluding carboxylic acids is 1. The number of amides is 2. The lowest BCUT2D eigenvalue weighted by Gasteiger charge is -2.09. The van der Waals surface area contributed by atoms with Crippen molar-refractivity contribution in [3.05, 3.63) is 59.2 Å². The van der Waals surface area contributed by atoms with Gasteiger partial charge in [-0.1, -0.05) is 0 Å². The van der Waals surface area contributed by atoms with E-state index in [2.05, 4.69) is 20.6 Å². The van der Waals surface area contributed by atoms with Gasteiger partial charge in [0.05, 0.1) is 6.61 Å². The Kier molecular flexibility index (Phi) is 6.72. The summed E-state index contributed by atoms with van der Waals surface area (Å²) < 4.78 is 48.7. The number of urea groups is 1. The van der Waals surface area contributed by atoms with Gasteiger partial charge >= 0.3 is 12.2 Å². The van der Waals surface area contributed by atoms with Gasteiger partial charge in [-0.3, -0.25) is 5.32 Å².